The molecular formula is C7H14O5. The van der Waals surface area contributed by atoms with Crippen molar-refractivity contribution in [3.8, 4) is 0 Å². The summed E-state index contributed by atoms with van der Waals surface area (Å²) in [5.74, 6) is -2.62. The van der Waals surface area contributed by atoms with Crippen LogP contribution in [0.15, 0.2) is 0 Å². The van der Waals surface area contributed by atoms with Gasteiger partial charge in [0.2, 0.25) is 0 Å². The van der Waals surface area contributed by atoms with Gasteiger partial charge in [0.1, 0.15) is 6.42 Å². The molecule has 0 amide bonds. The van der Waals surface area contributed by atoms with Crippen LogP contribution in [0.3, 0.4) is 0 Å². The van der Waals surface area contributed by atoms with Crippen LogP contribution in [0.1, 0.15) is 26.2 Å². The lowest BCUT2D eigenvalue weighted by molar-refractivity contribution is -0.147. The van der Waals surface area contributed by atoms with Crippen molar-refractivity contribution in [3.63, 3.8) is 0 Å². The van der Waals surface area contributed by atoms with E-state index in [0.29, 0.717) is 6.61 Å². The van der Waals surface area contributed by atoms with Gasteiger partial charge in [-0.25, -0.2) is 0 Å². The van der Waals surface area contributed by atoms with E-state index >= 15 is 0 Å². The SMILES string of the molecule is CCCCO.O=C(O)CC(=O)O. The van der Waals surface area contributed by atoms with Crippen molar-refractivity contribution in [1.29, 1.82) is 0 Å². The Hall–Kier alpha value is -1.10. The predicted molar refractivity (Wildman–Crippen MR) is 41.9 cm³/mol. The molecule has 0 atom stereocenters. The third-order valence-corrected chi connectivity index (χ3v) is 0.814. The van der Waals surface area contributed by atoms with E-state index in [9.17, 15) is 9.59 Å². The first kappa shape index (κ1) is 13.5. The number of carboxylic acid groups (broad SMARTS) is 2. The number of unbranched alkanes of at least 4 members (excludes halogenated alkanes) is 1. The molecule has 0 aliphatic rings. The topological polar surface area (TPSA) is 94.8 Å². The molecule has 0 aromatic heterocycles. The summed E-state index contributed by atoms with van der Waals surface area (Å²) in [5, 5.41) is 23.5. The summed E-state index contributed by atoms with van der Waals surface area (Å²) in [6, 6.07) is 0. The predicted octanol–water partition coefficient (Wildman–Crippen LogP) is 0.325. The van der Waals surface area contributed by atoms with E-state index in [1.165, 1.54) is 0 Å². The van der Waals surface area contributed by atoms with Gasteiger partial charge < -0.3 is 15.3 Å². The van der Waals surface area contributed by atoms with Gasteiger partial charge >= 0.3 is 11.9 Å². The molecule has 0 fully saturated rings. The fourth-order valence-corrected chi connectivity index (χ4v) is 0.287. The third-order valence-electron chi connectivity index (χ3n) is 0.814. The molecule has 0 spiro atoms. The lowest BCUT2D eigenvalue weighted by Gasteiger charge is -1.80. The summed E-state index contributed by atoms with van der Waals surface area (Å²) in [6.45, 7) is 2.40. The third kappa shape index (κ3) is 23.1. The molecule has 0 aliphatic heterocycles. The first-order valence-corrected chi connectivity index (χ1v) is 3.59. The van der Waals surface area contributed by atoms with Crippen LogP contribution in [0, 0.1) is 0 Å². The molecule has 0 unspecified atom stereocenters. The van der Waals surface area contributed by atoms with Crippen molar-refractivity contribution in [1.82, 2.24) is 0 Å². The summed E-state index contributed by atoms with van der Waals surface area (Å²) in [7, 11) is 0. The highest BCUT2D eigenvalue weighted by molar-refractivity contribution is 5.88. The number of carbonyl (C=O) groups is 2. The zero-order valence-electron chi connectivity index (χ0n) is 6.99. The Kier molecular flexibility index (Phi) is 11.1. The lowest BCUT2D eigenvalue weighted by atomic mass is 10.4. The van der Waals surface area contributed by atoms with Gasteiger partial charge in [-0.05, 0) is 6.42 Å². The van der Waals surface area contributed by atoms with E-state index in [1.807, 2.05) is 0 Å². The van der Waals surface area contributed by atoms with Crippen LogP contribution < -0.4 is 0 Å². The van der Waals surface area contributed by atoms with Crippen molar-refractivity contribution < 1.29 is 24.9 Å². The summed E-state index contributed by atoms with van der Waals surface area (Å²) >= 11 is 0. The van der Waals surface area contributed by atoms with Crippen molar-refractivity contribution in [2.24, 2.45) is 0 Å². The number of aliphatic hydroxyl groups is 1. The second-order valence-electron chi connectivity index (χ2n) is 2.04. The van der Waals surface area contributed by atoms with Crippen LogP contribution in [0.5, 0.6) is 0 Å². The number of hydrogen-bond donors (Lipinski definition) is 3. The minimum Gasteiger partial charge on any atom is -0.481 e. The van der Waals surface area contributed by atoms with Crippen LogP contribution in [0.4, 0.5) is 0 Å². The molecule has 0 radical (unpaired) electrons. The van der Waals surface area contributed by atoms with Gasteiger partial charge in [-0.1, -0.05) is 13.3 Å². The van der Waals surface area contributed by atoms with Crippen LogP contribution in [0.2, 0.25) is 0 Å². The highest BCUT2D eigenvalue weighted by Gasteiger charge is 2.01. The first-order chi connectivity index (χ1) is 5.54. The largest absolute Gasteiger partial charge is 0.481 e. The van der Waals surface area contributed by atoms with E-state index in [2.05, 4.69) is 6.92 Å². The minimum atomic E-state index is -1.31. The Morgan fingerprint density at radius 1 is 1.17 bits per heavy atom. The van der Waals surface area contributed by atoms with Gasteiger partial charge in [-0.2, -0.15) is 0 Å². The molecule has 0 aromatic carbocycles. The Bertz CT molecular complexity index is 118. The number of rotatable bonds is 4. The van der Waals surface area contributed by atoms with E-state index in [0.717, 1.165) is 12.8 Å². The Morgan fingerprint density at radius 2 is 1.58 bits per heavy atom. The first-order valence-electron chi connectivity index (χ1n) is 3.59. The Balaban J connectivity index is 0. The summed E-state index contributed by atoms with van der Waals surface area (Å²) in [4.78, 5) is 18.9. The van der Waals surface area contributed by atoms with Crippen LogP contribution >= 0.6 is 0 Å². The number of aliphatic hydroxyl groups excluding tert-OH is 1. The molecule has 12 heavy (non-hydrogen) atoms. The van der Waals surface area contributed by atoms with E-state index in [-0.39, 0.29) is 0 Å². The van der Waals surface area contributed by atoms with E-state index in [4.69, 9.17) is 15.3 Å². The molecule has 5 nitrogen and oxygen atoms in total. The van der Waals surface area contributed by atoms with E-state index in [1.54, 1.807) is 0 Å². The van der Waals surface area contributed by atoms with Gasteiger partial charge in [-0.15, -0.1) is 0 Å². The number of aliphatic carboxylic acids is 2. The zero-order valence-corrected chi connectivity index (χ0v) is 6.99. The average Bonchev–Trinajstić information content (AvgIpc) is 1.87. The van der Waals surface area contributed by atoms with Crippen LogP contribution in [-0.4, -0.2) is 33.9 Å². The molecule has 0 heterocycles. The number of carboxylic acids is 2. The van der Waals surface area contributed by atoms with Gasteiger partial charge in [0.15, 0.2) is 0 Å². The van der Waals surface area contributed by atoms with Crippen LogP contribution in [0.25, 0.3) is 0 Å². The summed E-state index contributed by atoms with van der Waals surface area (Å²) in [5.41, 5.74) is 0. The van der Waals surface area contributed by atoms with Crippen molar-refractivity contribution >= 4 is 11.9 Å². The Labute approximate surface area is 70.6 Å². The average molecular weight is 178 g/mol. The van der Waals surface area contributed by atoms with Gasteiger partial charge in [0.25, 0.3) is 0 Å². The second kappa shape index (κ2) is 9.90. The van der Waals surface area contributed by atoms with Crippen molar-refractivity contribution in [2.75, 3.05) is 6.61 Å². The summed E-state index contributed by atoms with van der Waals surface area (Å²) in [6.07, 6.45) is 1.23. The minimum absolute atomic E-state index is 0.344. The van der Waals surface area contributed by atoms with Gasteiger partial charge in [0, 0.05) is 6.61 Å². The highest BCUT2D eigenvalue weighted by Crippen LogP contribution is 1.78. The maximum absolute atomic E-state index is 9.43. The van der Waals surface area contributed by atoms with Crippen molar-refractivity contribution in [3.05, 3.63) is 0 Å². The molecule has 5 heteroatoms. The molecule has 3 N–H and O–H groups in total. The maximum atomic E-state index is 9.43. The molecule has 0 bridgehead atoms. The quantitative estimate of drug-likeness (QED) is 0.539. The fourth-order valence-electron chi connectivity index (χ4n) is 0.287. The monoisotopic (exact) mass is 178 g/mol. The number of hydrogen-bond acceptors (Lipinski definition) is 3. The van der Waals surface area contributed by atoms with E-state index < -0.39 is 18.4 Å². The molecule has 0 aliphatic carbocycles. The normalized spacial score (nSPS) is 8.17. The molecular weight excluding hydrogens is 164 g/mol. The maximum Gasteiger partial charge on any atom is 0.314 e. The standard InChI is InChI=1S/C4H10O.C3H4O4/c1-2-3-4-5;4-2(5)1-3(6)7/h5H,2-4H2,1H3;1H2,(H,4,5)(H,6,7). The molecule has 0 aromatic rings. The summed E-state index contributed by atoms with van der Waals surface area (Å²) < 4.78 is 0. The highest BCUT2D eigenvalue weighted by atomic mass is 16.4. The van der Waals surface area contributed by atoms with Gasteiger partial charge in [-0.3, -0.25) is 9.59 Å². The smallest absolute Gasteiger partial charge is 0.314 e. The lowest BCUT2D eigenvalue weighted by Crippen LogP contribution is -2.03. The van der Waals surface area contributed by atoms with Crippen molar-refractivity contribution in [2.45, 2.75) is 26.2 Å². The molecule has 0 saturated heterocycles. The fraction of sp³-hybridized carbons (Fsp3) is 0.714. The zero-order chi connectivity index (χ0) is 9.98. The second-order valence-corrected chi connectivity index (χ2v) is 2.04. The van der Waals surface area contributed by atoms with Gasteiger partial charge in [0.05, 0.1) is 0 Å². The van der Waals surface area contributed by atoms with Crippen LogP contribution in [-0.2, 0) is 9.59 Å². The Morgan fingerprint density at radius 3 is 1.58 bits per heavy atom. The molecule has 72 valence electrons. The molecule has 0 rings (SSSR count). The molecule has 0 saturated carbocycles.